The van der Waals surface area contributed by atoms with Crippen LogP contribution in [0.25, 0.3) is 10.1 Å². The molecule has 0 bridgehead atoms. The van der Waals surface area contributed by atoms with Crippen molar-refractivity contribution < 1.29 is 0 Å². The van der Waals surface area contributed by atoms with E-state index in [0.717, 1.165) is 46.2 Å². The molecule has 0 amide bonds. The molecule has 0 spiro atoms. The van der Waals surface area contributed by atoms with Crippen molar-refractivity contribution in [3.8, 4) is 0 Å². The summed E-state index contributed by atoms with van der Waals surface area (Å²) in [6.07, 6.45) is 4.72. The van der Waals surface area contributed by atoms with Gasteiger partial charge >= 0.3 is 0 Å². The highest BCUT2D eigenvalue weighted by atomic mass is 32.1. The van der Waals surface area contributed by atoms with Crippen molar-refractivity contribution in [2.75, 3.05) is 14.7 Å². The summed E-state index contributed by atoms with van der Waals surface area (Å²) in [6.45, 7) is 37.8. The molecular formula is C71H83N3S. The zero-order valence-electron chi connectivity index (χ0n) is 48.2. The second-order valence-electron chi connectivity index (χ2n) is 26.6. The lowest BCUT2D eigenvalue weighted by atomic mass is 9.63. The third kappa shape index (κ3) is 9.98. The number of aryl methyl sites for hydroxylation is 1. The number of nitrogens with zero attached hydrogens (tertiary/aromatic N) is 3. The summed E-state index contributed by atoms with van der Waals surface area (Å²) in [4.78, 5) is 7.50. The molecule has 7 aromatic carbocycles. The van der Waals surface area contributed by atoms with Crippen molar-refractivity contribution in [1.29, 1.82) is 0 Å². The van der Waals surface area contributed by atoms with Crippen LogP contribution in [0.5, 0.6) is 0 Å². The fraction of sp³-hybridized carbons (Fsp3) is 0.380. The van der Waals surface area contributed by atoms with Gasteiger partial charge in [-0.15, -0.1) is 11.3 Å². The third-order valence-corrected chi connectivity index (χ3v) is 18.3. The van der Waals surface area contributed by atoms with Crippen LogP contribution in [0.3, 0.4) is 0 Å². The van der Waals surface area contributed by atoms with Gasteiger partial charge in [-0.2, -0.15) is 0 Å². The van der Waals surface area contributed by atoms with E-state index in [0.29, 0.717) is 11.8 Å². The molecule has 0 fully saturated rings. The summed E-state index contributed by atoms with van der Waals surface area (Å²) in [7, 11) is 0. The smallest absolute Gasteiger partial charge is 0.0647 e. The molecule has 3 nitrogen and oxygen atoms in total. The van der Waals surface area contributed by atoms with Gasteiger partial charge in [0.15, 0.2) is 0 Å². The molecule has 75 heavy (non-hydrogen) atoms. The van der Waals surface area contributed by atoms with E-state index in [1.165, 1.54) is 85.2 Å². The van der Waals surface area contributed by atoms with Gasteiger partial charge in [-0.1, -0.05) is 152 Å². The van der Waals surface area contributed by atoms with Gasteiger partial charge in [0, 0.05) is 61.0 Å². The van der Waals surface area contributed by atoms with E-state index >= 15 is 0 Å². The number of benzene rings is 7. The molecule has 0 aliphatic heterocycles. The Morgan fingerprint density at radius 3 is 1.31 bits per heavy atom. The van der Waals surface area contributed by atoms with Crippen LogP contribution in [-0.2, 0) is 27.1 Å². The minimum Gasteiger partial charge on any atom is -0.310 e. The molecule has 0 saturated carbocycles. The van der Waals surface area contributed by atoms with Gasteiger partial charge in [-0.25, -0.2) is 0 Å². The number of anilines is 9. The van der Waals surface area contributed by atoms with Crippen molar-refractivity contribution in [1.82, 2.24) is 0 Å². The minimum atomic E-state index is 0.0171. The van der Waals surface area contributed by atoms with Gasteiger partial charge in [0.25, 0.3) is 0 Å². The van der Waals surface area contributed by atoms with Crippen LogP contribution in [0.15, 0.2) is 151 Å². The Kier molecular flexibility index (Phi) is 13.4. The van der Waals surface area contributed by atoms with Crippen LogP contribution in [0.1, 0.15) is 186 Å². The van der Waals surface area contributed by atoms with E-state index in [9.17, 15) is 0 Å². The summed E-state index contributed by atoms with van der Waals surface area (Å²) in [5, 5.41) is 3.77. The summed E-state index contributed by atoms with van der Waals surface area (Å²) in [5.74, 6) is 0.896. The first-order valence-electron chi connectivity index (χ1n) is 28.0. The van der Waals surface area contributed by atoms with Gasteiger partial charge < -0.3 is 14.7 Å². The maximum Gasteiger partial charge on any atom is 0.0647 e. The summed E-state index contributed by atoms with van der Waals surface area (Å²) in [5.41, 5.74) is 21.8. The Morgan fingerprint density at radius 1 is 0.413 bits per heavy atom. The quantitative estimate of drug-likeness (QED) is 0.128. The molecule has 2 aliphatic rings. The van der Waals surface area contributed by atoms with Crippen LogP contribution in [-0.4, -0.2) is 0 Å². The van der Waals surface area contributed by atoms with Crippen molar-refractivity contribution in [3.63, 3.8) is 0 Å². The molecule has 1 aromatic heterocycles. The topological polar surface area (TPSA) is 9.72 Å². The van der Waals surface area contributed by atoms with Crippen LogP contribution in [0.2, 0.25) is 0 Å². The largest absolute Gasteiger partial charge is 0.310 e. The molecule has 0 N–H and O–H groups in total. The van der Waals surface area contributed by atoms with Crippen molar-refractivity contribution in [2.24, 2.45) is 0 Å². The molecule has 4 heteroatoms. The minimum absolute atomic E-state index is 0.0171. The van der Waals surface area contributed by atoms with Crippen LogP contribution in [0.4, 0.5) is 51.2 Å². The first-order chi connectivity index (χ1) is 35.3. The highest BCUT2D eigenvalue weighted by Gasteiger charge is 2.40. The average molecular weight is 1010 g/mol. The monoisotopic (exact) mass is 1010 g/mol. The standard InChI is InChI=1S/C71H83N3S/c1-46(2)49-20-26-52(27-21-49)72(53-28-22-50(23-29-53)47(3)4)55-18-17-19-56(40-55)73(54-30-24-51(25-31-54)67(6,7)8)58-38-48(5)39-59(41-58)74(57-32-33-61-62(42-57)69(11,12)35-34-68(61,9)10)65-45-75-66-44-64-63(43-60(65)66)70(13,14)36-37-71(64,15)16/h17-33,38-47H,34-37H2,1-16H3. The van der Waals surface area contributed by atoms with Crippen molar-refractivity contribution in [3.05, 3.63) is 195 Å². The first-order valence-corrected chi connectivity index (χ1v) is 28.8. The Bertz CT molecular complexity index is 3320. The molecule has 0 saturated heterocycles. The van der Waals surface area contributed by atoms with Gasteiger partial charge in [0.1, 0.15) is 0 Å². The fourth-order valence-electron chi connectivity index (χ4n) is 12.2. The number of fused-ring (bicyclic) bond motifs is 3. The molecule has 2 aliphatic carbocycles. The maximum atomic E-state index is 2.60. The number of hydrogen-bond acceptors (Lipinski definition) is 4. The lowest BCUT2D eigenvalue weighted by molar-refractivity contribution is 0.332. The van der Waals surface area contributed by atoms with E-state index in [-0.39, 0.29) is 27.1 Å². The normalized spacial score (nSPS) is 16.5. The summed E-state index contributed by atoms with van der Waals surface area (Å²) < 4.78 is 1.35. The Balaban J connectivity index is 1.19. The SMILES string of the molecule is Cc1cc(N(c2ccc(C(C)(C)C)cc2)c2cccc(N(c3ccc(C(C)C)cc3)c3ccc(C(C)C)cc3)c2)cc(N(c2ccc3c(c2)C(C)(C)CCC3(C)C)c2csc3cc4c(cc23)C(C)(C)CCC4(C)C)c1. The third-order valence-electron chi connectivity index (χ3n) is 17.4. The van der Waals surface area contributed by atoms with Crippen LogP contribution >= 0.6 is 11.3 Å². The highest BCUT2D eigenvalue weighted by Crippen LogP contribution is 2.53. The second kappa shape index (κ2) is 19.2. The van der Waals surface area contributed by atoms with Crippen molar-refractivity contribution in [2.45, 2.75) is 175 Å². The summed E-state index contributed by atoms with van der Waals surface area (Å²) >= 11 is 1.89. The zero-order chi connectivity index (χ0) is 53.6. The van der Waals surface area contributed by atoms with Gasteiger partial charge in [-0.05, 0) is 213 Å². The highest BCUT2D eigenvalue weighted by molar-refractivity contribution is 7.17. The molecule has 388 valence electrons. The predicted octanol–water partition coefficient (Wildman–Crippen LogP) is 21.9. The van der Waals surface area contributed by atoms with E-state index in [1.54, 1.807) is 0 Å². The predicted molar refractivity (Wildman–Crippen MR) is 328 cm³/mol. The van der Waals surface area contributed by atoms with E-state index in [4.69, 9.17) is 0 Å². The van der Waals surface area contributed by atoms with Gasteiger partial charge in [-0.3, -0.25) is 0 Å². The Labute approximate surface area is 455 Å². The van der Waals surface area contributed by atoms with Crippen LogP contribution < -0.4 is 14.7 Å². The molecule has 8 aromatic rings. The lowest BCUT2D eigenvalue weighted by Crippen LogP contribution is -2.34. The fourth-order valence-corrected chi connectivity index (χ4v) is 13.1. The van der Waals surface area contributed by atoms with Gasteiger partial charge in [0.2, 0.25) is 0 Å². The number of hydrogen-bond donors (Lipinski definition) is 0. The Morgan fingerprint density at radius 2 is 0.813 bits per heavy atom. The average Bonchev–Trinajstić information content (AvgIpc) is 3.77. The second-order valence-corrected chi connectivity index (χ2v) is 27.5. The zero-order valence-corrected chi connectivity index (χ0v) is 49.0. The Hall–Kier alpha value is -6.10. The first kappa shape index (κ1) is 52.3. The maximum absolute atomic E-state index is 2.60. The van der Waals surface area contributed by atoms with E-state index in [1.807, 2.05) is 11.3 Å². The molecule has 1 heterocycles. The number of rotatable bonds is 11. The number of thiophene rings is 1. The van der Waals surface area contributed by atoms with E-state index < -0.39 is 0 Å². The van der Waals surface area contributed by atoms with E-state index in [2.05, 4.69) is 276 Å². The lowest BCUT2D eigenvalue weighted by Gasteiger charge is -2.42. The molecule has 0 radical (unpaired) electrons. The molecule has 10 rings (SSSR count). The molecular weight excluding hydrogens is 927 g/mol. The molecule has 0 atom stereocenters. The molecule has 0 unspecified atom stereocenters. The van der Waals surface area contributed by atoms with Crippen LogP contribution in [0, 0.1) is 6.92 Å². The van der Waals surface area contributed by atoms with Gasteiger partial charge in [0.05, 0.1) is 5.69 Å². The van der Waals surface area contributed by atoms with Crippen molar-refractivity contribution >= 4 is 72.6 Å². The summed E-state index contributed by atoms with van der Waals surface area (Å²) in [6, 6.07) is 56.6.